The van der Waals surface area contributed by atoms with Gasteiger partial charge in [-0.3, -0.25) is 4.79 Å². The molecule has 4 nitrogen and oxygen atoms in total. The van der Waals surface area contributed by atoms with Crippen molar-refractivity contribution < 1.29 is 4.39 Å². The predicted molar refractivity (Wildman–Crippen MR) is 71.6 cm³/mol. The SMILES string of the molecule is CNc1c(S)nc(Cl)n(-c2ccc(F)cc2)c1=O. The maximum absolute atomic E-state index is 12.9. The summed E-state index contributed by atoms with van der Waals surface area (Å²) in [4.78, 5) is 16.1. The molecule has 0 aliphatic heterocycles. The third-order valence-corrected chi connectivity index (χ3v) is 2.94. The van der Waals surface area contributed by atoms with Crippen LogP contribution in [-0.4, -0.2) is 16.6 Å². The second kappa shape index (κ2) is 4.99. The van der Waals surface area contributed by atoms with Crippen LogP contribution in [0.25, 0.3) is 5.69 Å². The van der Waals surface area contributed by atoms with Gasteiger partial charge < -0.3 is 5.32 Å². The van der Waals surface area contributed by atoms with E-state index >= 15 is 0 Å². The Labute approximate surface area is 113 Å². The fraction of sp³-hybridized carbons (Fsp3) is 0.0909. The fourth-order valence-electron chi connectivity index (χ4n) is 1.52. The molecule has 0 unspecified atom stereocenters. The highest BCUT2D eigenvalue weighted by molar-refractivity contribution is 7.80. The zero-order valence-electron chi connectivity index (χ0n) is 9.32. The summed E-state index contributed by atoms with van der Waals surface area (Å²) in [6.45, 7) is 0. The van der Waals surface area contributed by atoms with Gasteiger partial charge in [0.2, 0.25) is 5.28 Å². The van der Waals surface area contributed by atoms with Crippen LogP contribution < -0.4 is 10.9 Å². The van der Waals surface area contributed by atoms with E-state index in [1.54, 1.807) is 7.05 Å². The number of halogens is 2. The largest absolute Gasteiger partial charge is 0.381 e. The number of nitrogens with one attached hydrogen (secondary N) is 1. The average Bonchev–Trinajstić information content (AvgIpc) is 2.31. The number of thiol groups is 1. The van der Waals surface area contributed by atoms with Gasteiger partial charge in [0.05, 0.1) is 5.69 Å². The molecular weight excluding hydrogens is 277 g/mol. The number of anilines is 1. The van der Waals surface area contributed by atoms with Gasteiger partial charge in [0.25, 0.3) is 5.56 Å². The zero-order chi connectivity index (χ0) is 13.3. The van der Waals surface area contributed by atoms with E-state index < -0.39 is 11.4 Å². The van der Waals surface area contributed by atoms with Crippen molar-refractivity contribution in [3.8, 4) is 5.69 Å². The van der Waals surface area contributed by atoms with E-state index in [-0.39, 0.29) is 16.0 Å². The second-order valence-electron chi connectivity index (χ2n) is 3.45. The summed E-state index contributed by atoms with van der Waals surface area (Å²) >= 11 is 9.98. The van der Waals surface area contributed by atoms with Crippen LogP contribution in [0.2, 0.25) is 5.28 Å². The van der Waals surface area contributed by atoms with Gasteiger partial charge in [-0.15, -0.1) is 12.6 Å². The van der Waals surface area contributed by atoms with E-state index in [2.05, 4.69) is 22.9 Å². The number of aromatic nitrogens is 2. The lowest BCUT2D eigenvalue weighted by Gasteiger charge is -2.11. The van der Waals surface area contributed by atoms with Crippen molar-refractivity contribution >= 4 is 29.9 Å². The maximum atomic E-state index is 12.9. The first-order chi connectivity index (χ1) is 8.54. The van der Waals surface area contributed by atoms with Gasteiger partial charge in [0.1, 0.15) is 16.5 Å². The molecule has 0 saturated carbocycles. The highest BCUT2D eigenvalue weighted by Crippen LogP contribution is 2.18. The van der Waals surface area contributed by atoms with Gasteiger partial charge >= 0.3 is 0 Å². The Bertz CT molecular complexity index is 642. The van der Waals surface area contributed by atoms with Crippen LogP contribution in [0.4, 0.5) is 10.1 Å². The van der Waals surface area contributed by atoms with Gasteiger partial charge in [-0.1, -0.05) is 0 Å². The Morgan fingerprint density at radius 2 is 2.00 bits per heavy atom. The highest BCUT2D eigenvalue weighted by atomic mass is 35.5. The molecule has 94 valence electrons. The van der Waals surface area contributed by atoms with Gasteiger partial charge in [0.15, 0.2) is 0 Å². The molecule has 1 aromatic heterocycles. The Kier molecular flexibility index (Phi) is 3.58. The van der Waals surface area contributed by atoms with Crippen LogP contribution in [0.15, 0.2) is 34.1 Å². The molecule has 1 N–H and O–H groups in total. The molecule has 0 amide bonds. The molecule has 0 spiro atoms. The summed E-state index contributed by atoms with van der Waals surface area (Å²) in [7, 11) is 1.58. The quantitative estimate of drug-likeness (QED) is 0.506. The van der Waals surface area contributed by atoms with E-state index in [1.165, 1.54) is 28.8 Å². The minimum absolute atomic E-state index is 0.0318. The molecule has 2 rings (SSSR count). The number of benzene rings is 1. The first kappa shape index (κ1) is 12.9. The molecule has 18 heavy (non-hydrogen) atoms. The number of nitrogens with zero attached hydrogens (tertiary/aromatic N) is 2. The molecule has 0 aliphatic rings. The summed E-state index contributed by atoms with van der Waals surface area (Å²) in [5.74, 6) is -0.393. The number of rotatable bonds is 2. The lowest BCUT2D eigenvalue weighted by atomic mass is 10.3. The van der Waals surface area contributed by atoms with Crippen molar-refractivity contribution in [2.75, 3.05) is 12.4 Å². The van der Waals surface area contributed by atoms with Crippen LogP contribution in [0.1, 0.15) is 0 Å². The zero-order valence-corrected chi connectivity index (χ0v) is 11.0. The third-order valence-electron chi connectivity index (χ3n) is 2.36. The first-order valence-corrected chi connectivity index (χ1v) is 5.82. The summed E-state index contributed by atoms with van der Waals surface area (Å²) in [5.41, 5.74) is 0.268. The Hall–Kier alpha value is -1.53. The number of hydrogen-bond donors (Lipinski definition) is 2. The molecule has 0 aliphatic carbocycles. The van der Waals surface area contributed by atoms with Crippen LogP contribution in [0.5, 0.6) is 0 Å². The van der Waals surface area contributed by atoms with Crippen molar-refractivity contribution in [2.45, 2.75) is 5.03 Å². The van der Waals surface area contributed by atoms with Gasteiger partial charge in [-0.2, -0.15) is 0 Å². The van der Waals surface area contributed by atoms with Crippen molar-refractivity contribution in [3.05, 3.63) is 45.7 Å². The normalized spacial score (nSPS) is 10.4. The maximum Gasteiger partial charge on any atom is 0.283 e. The molecule has 0 fully saturated rings. The second-order valence-corrected chi connectivity index (χ2v) is 4.21. The molecule has 0 atom stereocenters. The minimum atomic E-state index is -0.394. The van der Waals surface area contributed by atoms with E-state index in [0.29, 0.717) is 5.69 Å². The predicted octanol–water partition coefficient (Wildman–Crippen LogP) is 2.36. The lowest BCUT2D eigenvalue weighted by Crippen LogP contribution is -2.23. The van der Waals surface area contributed by atoms with E-state index in [4.69, 9.17) is 11.6 Å². The van der Waals surface area contributed by atoms with Crippen molar-refractivity contribution in [1.29, 1.82) is 0 Å². The smallest absolute Gasteiger partial charge is 0.283 e. The molecule has 0 bridgehead atoms. The van der Waals surface area contributed by atoms with E-state index in [0.717, 1.165) is 0 Å². The molecular formula is C11H9ClFN3OS. The third kappa shape index (κ3) is 2.21. The summed E-state index contributed by atoms with van der Waals surface area (Å²) in [5, 5.41) is 2.89. The van der Waals surface area contributed by atoms with Crippen molar-refractivity contribution in [2.24, 2.45) is 0 Å². The van der Waals surface area contributed by atoms with Gasteiger partial charge in [0, 0.05) is 7.05 Å². The molecule has 0 radical (unpaired) electrons. The first-order valence-electron chi connectivity index (χ1n) is 5.00. The van der Waals surface area contributed by atoms with Crippen LogP contribution >= 0.6 is 24.2 Å². The van der Waals surface area contributed by atoms with Crippen molar-refractivity contribution in [1.82, 2.24) is 9.55 Å². The minimum Gasteiger partial charge on any atom is -0.381 e. The molecule has 0 saturated heterocycles. The van der Waals surface area contributed by atoms with E-state index in [9.17, 15) is 9.18 Å². The highest BCUT2D eigenvalue weighted by Gasteiger charge is 2.13. The standard InChI is InChI=1S/C11H9ClFN3OS/c1-14-8-9(18)15-11(12)16(10(8)17)7-4-2-6(13)3-5-7/h2-5,14,18H,1H3. The van der Waals surface area contributed by atoms with E-state index in [1.807, 2.05) is 0 Å². The van der Waals surface area contributed by atoms with Crippen LogP contribution in [-0.2, 0) is 0 Å². The summed E-state index contributed by atoms with van der Waals surface area (Å²) in [6.07, 6.45) is 0. The molecule has 2 aromatic rings. The molecule has 7 heteroatoms. The van der Waals surface area contributed by atoms with Gasteiger partial charge in [-0.05, 0) is 35.9 Å². The lowest BCUT2D eigenvalue weighted by molar-refractivity contribution is 0.627. The van der Waals surface area contributed by atoms with Gasteiger partial charge in [-0.25, -0.2) is 13.9 Å². The topological polar surface area (TPSA) is 46.9 Å². The fourth-order valence-corrected chi connectivity index (χ4v) is 2.14. The monoisotopic (exact) mass is 285 g/mol. The molecule has 1 heterocycles. The van der Waals surface area contributed by atoms with Crippen molar-refractivity contribution in [3.63, 3.8) is 0 Å². The van der Waals surface area contributed by atoms with Crippen LogP contribution in [0, 0.1) is 5.82 Å². The number of hydrogen-bond acceptors (Lipinski definition) is 4. The average molecular weight is 286 g/mol. The Morgan fingerprint density at radius 1 is 1.39 bits per heavy atom. The Morgan fingerprint density at radius 3 is 2.56 bits per heavy atom. The summed E-state index contributed by atoms with van der Waals surface area (Å²) in [6, 6.07) is 5.38. The molecule has 1 aromatic carbocycles. The van der Waals surface area contributed by atoms with Crippen LogP contribution in [0.3, 0.4) is 0 Å². The Balaban J connectivity index is 2.71. The summed E-state index contributed by atoms with van der Waals surface area (Å²) < 4.78 is 14.0.